The van der Waals surface area contributed by atoms with Crippen LogP contribution in [0.3, 0.4) is 0 Å². The van der Waals surface area contributed by atoms with Gasteiger partial charge in [-0.15, -0.1) is 0 Å². The zero-order chi connectivity index (χ0) is 17.7. The standard InChI is InChI=1S/C19H14O6/c1-19-17(23)8-6-10(21)13-11-7(4-3-5-9(11)20)15(22)14(13)12(8)16(24-2)18(19)25-19/h3-6,16,18,20-21H,1-2H3/t16-,18+,19-/m1/s1. The van der Waals surface area contributed by atoms with Crippen molar-refractivity contribution in [2.24, 2.45) is 0 Å². The van der Waals surface area contributed by atoms with Gasteiger partial charge in [0.15, 0.2) is 17.2 Å². The second kappa shape index (κ2) is 4.28. The molecule has 25 heavy (non-hydrogen) atoms. The average Bonchev–Trinajstić information content (AvgIpc) is 3.18. The Morgan fingerprint density at radius 2 is 1.84 bits per heavy atom. The fraction of sp³-hybridized carbons (Fsp3) is 0.263. The Balaban J connectivity index is 1.89. The minimum atomic E-state index is -0.981. The van der Waals surface area contributed by atoms with Crippen LogP contribution in [-0.4, -0.2) is 40.6 Å². The van der Waals surface area contributed by atoms with Gasteiger partial charge in [-0.05, 0) is 19.1 Å². The van der Waals surface area contributed by atoms with Gasteiger partial charge in [-0.1, -0.05) is 12.1 Å². The molecule has 126 valence electrons. The number of benzene rings is 2. The number of aromatic hydroxyl groups is 2. The number of phenolic OH excluding ortho intramolecular Hbond substituents is 2. The number of fused-ring (bicyclic) bond motifs is 6. The fourth-order valence-corrected chi connectivity index (χ4v) is 4.21. The van der Waals surface area contributed by atoms with Gasteiger partial charge in [-0.3, -0.25) is 9.59 Å². The zero-order valence-electron chi connectivity index (χ0n) is 13.5. The number of carbonyl (C=O) groups is 2. The van der Waals surface area contributed by atoms with E-state index in [1.165, 1.54) is 19.2 Å². The Bertz CT molecular complexity index is 1010. The maximum atomic E-state index is 13.0. The Morgan fingerprint density at radius 3 is 2.56 bits per heavy atom. The number of methoxy groups -OCH3 is 1. The molecule has 1 heterocycles. The molecule has 0 aromatic heterocycles. The number of ketones is 2. The van der Waals surface area contributed by atoms with E-state index in [-0.39, 0.29) is 45.3 Å². The highest BCUT2D eigenvalue weighted by atomic mass is 16.6. The van der Waals surface area contributed by atoms with Crippen molar-refractivity contribution in [3.63, 3.8) is 0 Å². The molecule has 2 aromatic rings. The fourth-order valence-electron chi connectivity index (χ4n) is 4.21. The third-order valence-electron chi connectivity index (χ3n) is 5.48. The number of phenols is 2. The first-order chi connectivity index (χ1) is 11.9. The first-order valence-electron chi connectivity index (χ1n) is 7.92. The number of hydrogen-bond acceptors (Lipinski definition) is 6. The van der Waals surface area contributed by atoms with Crippen molar-refractivity contribution in [1.29, 1.82) is 0 Å². The second-order valence-corrected chi connectivity index (χ2v) is 6.77. The summed E-state index contributed by atoms with van der Waals surface area (Å²) in [7, 11) is 1.50. The van der Waals surface area contributed by atoms with Gasteiger partial charge < -0.3 is 19.7 Å². The largest absolute Gasteiger partial charge is 0.507 e. The Kier molecular flexibility index (Phi) is 2.50. The molecule has 0 amide bonds. The van der Waals surface area contributed by atoms with Crippen LogP contribution in [0.2, 0.25) is 0 Å². The third kappa shape index (κ3) is 1.52. The van der Waals surface area contributed by atoms with E-state index in [4.69, 9.17) is 9.47 Å². The van der Waals surface area contributed by atoms with Crippen LogP contribution in [0.25, 0.3) is 11.1 Å². The molecule has 0 radical (unpaired) electrons. The van der Waals surface area contributed by atoms with E-state index in [0.29, 0.717) is 11.1 Å². The van der Waals surface area contributed by atoms with Crippen LogP contribution >= 0.6 is 0 Å². The van der Waals surface area contributed by atoms with Gasteiger partial charge in [0.25, 0.3) is 0 Å². The van der Waals surface area contributed by atoms with Crippen molar-refractivity contribution < 1.29 is 29.3 Å². The lowest BCUT2D eigenvalue weighted by Crippen LogP contribution is -2.34. The summed E-state index contributed by atoms with van der Waals surface area (Å²) >= 11 is 0. The summed E-state index contributed by atoms with van der Waals surface area (Å²) < 4.78 is 11.1. The molecule has 1 saturated heterocycles. The first kappa shape index (κ1) is 14.6. The lowest BCUT2D eigenvalue weighted by atomic mass is 9.78. The highest BCUT2D eigenvalue weighted by Gasteiger charge is 2.67. The molecule has 1 aliphatic heterocycles. The topological polar surface area (TPSA) is 96.4 Å². The first-order valence-corrected chi connectivity index (χ1v) is 7.92. The van der Waals surface area contributed by atoms with Gasteiger partial charge in [0.1, 0.15) is 23.7 Å². The number of rotatable bonds is 1. The molecule has 0 bridgehead atoms. The highest BCUT2D eigenvalue weighted by Crippen LogP contribution is 2.58. The van der Waals surface area contributed by atoms with Crippen molar-refractivity contribution in [2.75, 3.05) is 7.11 Å². The quantitative estimate of drug-likeness (QED) is 0.661. The zero-order valence-corrected chi connectivity index (χ0v) is 13.5. The lowest BCUT2D eigenvalue weighted by Gasteiger charge is -2.26. The van der Waals surface area contributed by atoms with Crippen molar-refractivity contribution in [3.05, 3.63) is 46.5 Å². The molecule has 3 atom stereocenters. The van der Waals surface area contributed by atoms with Crippen molar-refractivity contribution >= 4 is 11.6 Å². The normalized spacial score (nSPS) is 28.2. The molecule has 5 rings (SSSR count). The molecule has 2 aliphatic carbocycles. The Hall–Kier alpha value is -2.70. The van der Waals surface area contributed by atoms with E-state index in [1.54, 1.807) is 19.1 Å². The van der Waals surface area contributed by atoms with E-state index in [0.717, 1.165) is 0 Å². The van der Waals surface area contributed by atoms with E-state index >= 15 is 0 Å². The minimum Gasteiger partial charge on any atom is -0.507 e. The monoisotopic (exact) mass is 338 g/mol. The minimum absolute atomic E-state index is 0.0940. The summed E-state index contributed by atoms with van der Waals surface area (Å²) in [5, 5.41) is 20.8. The third-order valence-corrected chi connectivity index (χ3v) is 5.48. The SMILES string of the molecule is CO[C@@H]1c2c(cc(O)c3c2C(=O)c2cccc(O)c2-3)C(=O)[C@@]2(C)O[C@@H]12. The average molecular weight is 338 g/mol. The molecule has 6 heteroatoms. The van der Waals surface area contributed by atoms with Crippen molar-refractivity contribution in [1.82, 2.24) is 0 Å². The molecule has 2 N–H and O–H groups in total. The predicted molar refractivity (Wildman–Crippen MR) is 86.0 cm³/mol. The van der Waals surface area contributed by atoms with Gasteiger partial charge in [0.05, 0.1) is 0 Å². The van der Waals surface area contributed by atoms with Gasteiger partial charge in [0, 0.05) is 40.5 Å². The number of epoxide rings is 1. The van der Waals surface area contributed by atoms with Crippen LogP contribution < -0.4 is 0 Å². The summed E-state index contributed by atoms with van der Waals surface area (Å²) in [6.45, 7) is 1.68. The summed E-state index contributed by atoms with van der Waals surface area (Å²) in [5.74, 6) is -0.921. The summed E-state index contributed by atoms with van der Waals surface area (Å²) in [5.41, 5.74) is 0.729. The predicted octanol–water partition coefficient (Wildman–Crippen LogP) is 2.35. The molecular weight excluding hydrogens is 324 g/mol. The number of ether oxygens (including phenoxy) is 2. The van der Waals surface area contributed by atoms with Gasteiger partial charge in [0.2, 0.25) is 0 Å². The number of hydrogen-bond donors (Lipinski definition) is 2. The molecule has 1 fully saturated rings. The molecule has 0 unspecified atom stereocenters. The summed E-state index contributed by atoms with van der Waals surface area (Å²) in [4.78, 5) is 25.8. The van der Waals surface area contributed by atoms with Crippen LogP contribution in [0.15, 0.2) is 24.3 Å². The molecule has 0 saturated carbocycles. The van der Waals surface area contributed by atoms with Crippen LogP contribution in [0, 0.1) is 0 Å². The summed E-state index contributed by atoms with van der Waals surface area (Å²) in [6.07, 6.45) is -1.05. The lowest BCUT2D eigenvalue weighted by molar-refractivity contribution is 0.0713. The molecule has 0 spiro atoms. The van der Waals surface area contributed by atoms with Gasteiger partial charge >= 0.3 is 0 Å². The molecule has 3 aliphatic rings. The molecule has 6 nitrogen and oxygen atoms in total. The van der Waals surface area contributed by atoms with Crippen molar-refractivity contribution in [3.8, 4) is 22.6 Å². The number of Topliss-reactive ketones (excluding diaryl/α,β-unsaturated/α-hetero) is 1. The van der Waals surface area contributed by atoms with Crippen LogP contribution in [0.4, 0.5) is 0 Å². The Morgan fingerprint density at radius 1 is 1.08 bits per heavy atom. The van der Waals surface area contributed by atoms with E-state index in [9.17, 15) is 19.8 Å². The van der Waals surface area contributed by atoms with Crippen molar-refractivity contribution in [2.45, 2.75) is 24.7 Å². The molecule has 2 aromatic carbocycles. The summed E-state index contributed by atoms with van der Waals surface area (Å²) in [6, 6.07) is 5.97. The van der Waals surface area contributed by atoms with E-state index in [2.05, 4.69) is 0 Å². The van der Waals surface area contributed by atoms with Crippen LogP contribution in [0.5, 0.6) is 11.5 Å². The second-order valence-electron chi connectivity index (χ2n) is 6.77. The highest BCUT2D eigenvalue weighted by molar-refractivity contribution is 6.26. The van der Waals surface area contributed by atoms with E-state index < -0.39 is 17.8 Å². The Labute approximate surface area is 142 Å². The van der Waals surface area contributed by atoms with Crippen LogP contribution in [-0.2, 0) is 9.47 Å². The maximum Gasteiger partial charge on any atom is 0.197 e. The van der Waals surface area contributed by atoms with Gasteiger partial charge in [-0.2, -0.15) is 0 Å². The number of carbonyl (C=O) groups excluding carboxylic acids is 2. The molecular formula is C19H14O6. The smallest absolute Gasteiger partial charge is 0.197 e. The maximum absolute atomic E-state index is 13.0. The van der Waals surface area contributed by atoms with Crippen LogP contribution in [0.1, 0.15) is 44.9 Å². The van der Waals surface area contributed by atoms with Gasteiger partial charge in [-0.25, -0.2) is 0 Å². The van der Waals surface area contributed by atoms with E-state index in [1.807, 2.05) is 0 Å².